The van der Waals surface area contributed by atoms with E-state index < -0.39 is 0 Å². The van der Waals surface area contributed by atoms with Crippen molar-refractivity contribution in [1.29, 1.82) is 0 Å². The normalized spacial score (nSPS) is 23.4. The van der Waals surface area contributed by atoms with Gasteiger partial charge < -0.3 is 14.8 Å². The summed E-state index contributed by atoms with van der Waals surface area (Å²) in [5.41, 5.74) is 2.77. The SMILES string of the molecule is O=C(Nc1cccc(-c2cn3c(n2)CCCC3)c1)C1CCCCC1C(=O)N1CCCC1. The number of aromatic nitrogens is 2. The van der Waals surface area contributed by atoms with E-state index in [0.717, 1.165) is 87.3 Å². The first kappa shape index (κ1) is 20.3. The average molecular weight is 421 g/mol. The monoisotopic (exact) mass is 420 g/mol. The number of amides is 2. The van der Waals surface area contributed by atoms with Gasteiger partial charge in [0.25, 0.3) is 0 Å². The lowest BCUT2D eigenvalue weighted by atomic mass is 9.77. The Labute approximate surface area is 184 Å². The largest absolute Gasteiger partial charge is 0.342 e. The van der Waals surface area contributed by atoms with Crippen LogP contribution in [0.5, 0.6) is 0 Å². The number of carbonyl (C=O) groups excluding carboxylic acids is 2. The number of rotatable bonds is 4. The molecule has 0 spiro atoms. The number of nitrogens with zero attached hydrogens (tertiary/aromatic N) is 3. The Hall–Kier alpha value is -2.63. The molecule has 2 amide bonds. The number of benzene rings is 1. The molecule has 0 radical (unpaired) electrons. The van der Waals surface area contributed by atoms with Crippen LogP contribution in [0.3, 0.4) is 0 Å². The lowest BCUT2D eigenvalue weighted by molar-refractivity contribution is -0.141. The molecule has 2 aromatic rings. The highest BCUT2D eigenvalue weighted by Crippen LogP contribution is 2.34. The fourth-order valence-electron chi connectivity index (χ4n) is 5.46. The summed E-state index contributed by atoms with van der Waals surface area (Å²) in [4.78, 5) is 33.0. The lowest BCUT2D eigenvalue weighted by Crippen LogP contribution is -2.42. The van der Waals surface area contributed by atoms with Gasteiger partial charge >= 0.3 is 0 Å². The van der Waals surface area contributed by atoms with Gasteiger partial charge in [0.05, 0.1) is 5.69 Å². The molecule has 1 saturated carbocycles. The van der Waals surface area contributed by atoms with Crippen LogP contribution in [-0.4, -0.2) is 39.4 Å². The van der Waals surface area contributed by atoms with Crippen LogP contribution in [0.1, 0.15) is 57.2 Å². The van der Waals surface area contributed by atoms with Gasteiger partial charge in [0.2, 0.25) is 11.8 Å². The zero-order valence-electron chi connectivity index (χ0n) is 18.2. The van der Waals surface area contributed by atoms with Crippen LogP contribution in [0, 0.1) is 11.8 Å². The van der Waals surface area contributed by atoms with Crippen molar-refractivity contribution in [2.45, 2.75) is 64.3 Å². The number of carbonyl (C=O) groups is 2. The van der Waals surface area contributed by atoms with Gasteiger partial charge in [-0.2, -0.15) is 0 Å². The number of fused-ring (bicyclic) bond motifs is 1. The summed E-state index contributed by atoms with van der Waals surface area (Å²) in [5, 5.41) is 3.11. The van der Waals surface area contributed by atoms with Gasteiger partial charge in [0.15, 0.2) is 0 Å². The molecule has 1 N–H and O–H groups in total. The molecule has 0 bridgehead atoms. The Morgan fingerprint density at radius 2 is 1.71 bits per heavy atom. The van der Waals surface area contributed by atoms with Crippen molar-refractivity contribution in [2.24, 2.45) is 11.8 Å². The smallest absolute Gasteiger partial charge is 0.228 e. The number of imidazole rings is 1. The molecule has 2 unspecified atom stereocenters. The second-order valence-corrected chi connectivity index (χ2v) is 9.29. The van der Waals surface area contributed by atoms with Gasteiger partial charge in [0.1, 0.15) is 5.82 Å². The number of hydrogen-bond acceptors (Lipinski definition) is 3. The van der Waals surface area contributed by atoms with Crippen molar-refractivity contribution in [3.8, 4) is 11.3 Å². The van der Waals surface area contributed by atoms with Crippen molar-refractivity contribution in [2.75, 3.05) is 18.4 Å². The Bertz CT molecular complexity index is 937. The van der Waals surface area contributed by atoms with E-state index >= 15 is 0 Å². The van der Waals surface area contributed by atoms with E-state index in [0.29, 0.717) is 0 Å². The van der Waals surface area contributed by atoms with Gasteiger partial charge in [-0.3, -0.25) is 9.59 Å². The molecule has 5 rings (SSSR count). The van der Waals surface area contributed by atoms with E-state index in [1.807, 2.05) is 29.2 Å². The minimum absolute atomic E-state index is 0.0152. The van der Waals surface area contributed by atoms with E-state index in [-0.39, 0.29) is 23.7 Å². The summed E-state index contributed by atoms with van der Waals surface area (Å²) < 4.78 is 2.25. The molecule has 1 aromatic heterocycles. The highest BCUT2D eigenvalue weighted by molar-refractivity contribution is 5.96. The summed E-state index contributed by atoms with van der Waals surface area (Å²) in [6.07, 6.45) is 11.4. The average Bonchev–Trinajstić information content (AvgIpc) is 3.49. The lowest BCUT2D eigenvalue weighted by Gasteiger charge is -2.32. The topological polar surface area (TPSA) is 67.2 Å². The van der Waals surface area contributed by atoms with E-state index in [1.165, 1.54) is 12.8 Å². The van der Waals surface area contributed by atoms with Gasteiger partial charge in [-0.25, -0.2) is 4.98 Å². The summed E-state index contributed by atoms with van der Waals surface area (Å²) >= 11 is 0. The number of hydrogen-bond donors (Lipinski definition) is 1. The van der Waals surface area contributed by atoms with Crippen LogP contribution in [0.4, 0.5) is 5.69 Å². The summed E-state index contributed by atoms with van der Waals surface area (Å²) in [6.45, 7) is 2.73. The van der Waals surface area contributed by atoms with Crippen LogP contribution < -0.4 is 5.32 Å². The molecule has 2 atom stereocenters. The summed E-state index contributed by atoms with van der Waals surface area (Å²) in [7, 11) is 0. The fourth-order valence-corrected chi connectivity index (χ4v) is 5.46. The molecule has 2 aliphatic heterocycles. The molecule has 1 aromatic carbocycles. The van der Waals surface area contributed by atoms with Crippen molar-refractivity contribution in [3.63, 3.8) is 0 Å². The van der Waals surface area contributed by atoms with Crippen LogP contribution >= 0.6 is 0 Å². The van der Waals surface area contributed by atoms with E-state index in [4.69, 9.17) is 4.98 Å². The van der Waals surface area contributed by atoms with Crippen LogP contribution in [-0.2, 0) is 22.6 Å². The summed E-state index contributed by atoms with van der Waals surface area (Å²) in [5.74, 6) is 0.926. The first-order valence-electron chi connectivity index (χ1n) is 12.0. The molecule has 31 heavy (non-hydrogen) atoms. The highest BCUT2D eigenvalue weighted by atomic mass is 16.2. The third kappa shape index (κ3) is 4.25. The van der Waals surface area contributed by atoms with Gasteiger partial charge in [-0.15, -0.1) is 0 Å². The van der Waals surface area contributed by atoms with Crippen molar-refractivity contribution in [1.82, 2.24) is 14.5 Å². The van der Waals surface area contributed by atoms with Crippen molar-refractivity contribution in [3.05, 3.63) is 36.3 Å². The van der Waals surface area contributed by atoms with E-state index in [1.54, 1.807) is 0 Å². The molecule has 2 fully saturated rings. The zero-order valence-corrected chi connectivity index (χ0v) is 18.2. The second kappa shape index (κ2) is 8.85. The molecule has 3 heterocycles. The quantitative estimate of drug-likeness (QED) is 0.804. The van der Waals surface area contributed by atoms with Crippen molar-refractivity contribution < 1.29 is 9.59 Å². The molecular weight excluding hydrogens is 388 g/mol. The van der Waals surface area contributed by atoms with Crippen LogP contribution in [0.2, 0.25) is 0 Å². The molecule has 1 saturated heterocycles. The predicted octanol–water partition coefficient (Wildman–Crippen LogP) is 4.25. The fraction of sp³-hybridized carbons (Fsp3) is 0.560. The maximum Gasteiger partial charge on any atom is 0.228 e. The maximum atomic E-state index is 13.2. The first-order valence-corrected chi connectivity index (χ1v) is 12.0. The van der Waals surface area contributed by atoms with E-state index in [2.05, 4.69) is 16.1 Å². The van der Waals surface area contributed by atoms with Crippen molar-refractivity contribution >= 4 is 17.5 Å². The minimum atomic E-state index is -0.231. The zero-order chi connectivity index (χ0) is 21.2. The van der Waals surface area contributed by atoms with Gasteiger partial charge in [-0.05, 0) is 50.7 Å². The van der Waals surface area contributed by atoms with Gasteiger partial charge in [0, 0.05) is 55.3 Å². The molecular formula is C25H32N4O2. The minimum Gasteiger partial charge on any atom is -0.342 e. The Morgan fingerprint density at radius 3 is 2.52 bits per heavy atom. The number of aryl methyl sites for hydroxylation is 2. The number of nitrogens with one attached hydrogen (secondary N) is 1. The second-order valence-electron chi connectivity index (χ2n) is 9.29. The molecule has 164 valence electrons. The number of likely N-dealkylation sites (tertiary alicyclic amines) is 1. The first-order chi connectivity index (χ1) is 15.2. The molecule has 3 aliphatic rings. The van der Waals surface area contributed by atoms with Crippen LogP contribution in [0.15, 0.2) is 30.5 Å². The highest BCUT2D eigenvalue weighted by Gasteiger charge is 2.38. The van der Waals surface area contributed by atoms with Crippen LogP contribution in [0.25, 0.3) is 11.3 Å². The predicted molar refractivity (Wildman–Crippen MR) is 120 cm³/mol. The Morgan fingerprint density at radius 1 is 0.935 bits per heavy atom. The van der Waals surface area contributed by atoms with Gasteiger partial charge in [-0.1, -0.05) is 25.0 Å². The maximum absolute atomic E-state index is 13.2. The Balaban J connectivity index is 1.31. The summed E-state index contributed by atoms with van der Waals surface area (Å²) in [6, 6.07) is 7.95. The molecule has 6 nitrogen and oxygen atoms in total. The Kier molecular flexibility index (Phi) is 5.79. The van der Waals surface area contributed by atoms with E-state index in [9.17, 15) is 9.59 Å². The standard InChI is InChI=1S/C25H32N4O2/c30-24(20-10-1-2-11-21(20)25(31)28-13-5-6-14-28)26-19-9-7-8-18(16-19)22-17-29-15-4-3-12-23(29)27-22/h7-9,16-17,20-21H,1-6,10-15H2,(H,26,30). The molecule has 1 aliphatic carbocycles. The third-order valence-corrected chi connectivity index (χ3v) is 7.17. The molecule has 6 heteroatoms. The third-order valence-electron chi connectivity index (χ3n) is 7.17. The number of anilines is 1.